The van der Waals surface area contributed by atoms with E-state index in [0.29, 0.717) is 39.5 Å². The van der Waals surface area contributed by atoms with E-state index >= 15 is 0 Å². The van der Waals surface area contributed by atoms with Gasteiger partial charge in [0.05, 0.1) is 11.6 Å². The van der Waals surface area contributed by atoms with Crippen molar-refractivity contribution in [3.05, 3.63) is 63.6 Å². The maximum absolute atomic E-state index is 13.1. The number of hydrogen-bond acceptors (Lipinski definition) is 4. The van der Waals surface area contributed by atoms with E-state index in [-0.39, 0.29) is 11.9 Å². The molecule has 0 unspecified atom stereocenters. The number of rotatable bonds is 6. The molecular formula is C21H21Cl2N3O2. The summed E-state index contributed by atoms with van der Waals surface area (Å²) in [4.78, 5) is 17.5. The highest BCUT2D eigenvalue weighted by molar-refractivity contribution is 6.36. The van der Waals surface area contributed by atoms with E-state index in [2.05, 4.69) is 17.0 Å². The van der Waals surface area contributed by atoms with Crippen LogP contribution in [0.1, 0.15) is 36.7 Å². The summed E-state index contributed by atoms with van der Waals surface area (Å²) in [6.45, 7) is 6.55. The van der Waals surface area contributed by atoms with Crippen LogP contribution in [0.25, 0.3) is 11.4 Å². The fourth-order valence-corrected chi connectivity index (χ4v) is 3.08. The number of nitrogens with zero attached hydrogens (tertiary/aromatic N) is 3. The average molecular weight is 418 g/mol. The Balaban J connectivity index is 2.05. The molecule has 0 amide bonds. The van der Waals surface area contributed by atoms with Crippen LogP contribution in [0.15, 0.2) is 42.5 Å². The Bertz CT molecular complexity index is 982. The Labute approximate surface area is 174 Å². The van der Waals surface area contributed by atoms with Crippen LogP contribution in [-0.2, 0) is 6.42 Å². The number of carbonyl (C=O) groups excluding carboxylic acids is 1. The first kappa shape index (κ1) is 20.4. The first-order valence-electron chi connectivity index (χ1n) is 9.08. The lowest BCUT2D eigenvalue weighted by Crippen LogP contribution is -2.15. The second-order valence-corrected chi connectivity index (χ2v) is 7.66. The van der Waals surface area contributed by atoms with Crippen LogP contribution < -0.4 is 4.74 Å². The summed E-state index contributed by atoms with van der Waals surface area (Å²) in [5, 5.41) is 5.16. The van der Waals surface area contributed by atoms with E-state index in [1.54, 1.807) is 30.3 Å². The van der Waals surface area contributed by atoms with E-state index in [0.717, 1.165) is 12.0 Å². The van der Waals surface area contributed by atoms with Crippen molar-refractivity contribution in [3.8, 4) is 17.4 Å². The average Bonchev–Trinajstić information content (AvgIpc) is 3.10. The highest BCUT2D eigenvalue weighted by Crippen LogP contribution is 2.30. The standard InChI is InChI=1S/C21H21Cl2N3O2/c1-4-14-5-7-15(8-6-14)20(27)26-19(17-10-9-16(22)11-18(17)23)24-21(25-26)28-12-13(2)3/h5-11,13H,4,12H2,1-3H3. The van der Waals surface area contributed by atoms with Gasteiger partial charge in [-0.05, 0) is 48.2 Å². The molecule has 146 valence electrons. The summed E-state index contributed by atoms with van der Waals surface area (Å²) < 4.78 is 6.86. The van der Waals surface area contributed by atoms with Crippen molar-refractivity contribution in [2.45, 2.75) is 27.2 Å². The first-order valence-corrected chi connectivity index (χ1v) is 9.83. The smallest absolute Gasteiger partial charge is 0.336 e. The molecule has 3 aromatic rings. The number of hydrogen-bond donors (Lipinski definition) is 0. The van der Waals surface area contributed by atoms with Gasteiger partial charge in [-0.25, -0.2) is 0 Å². The van der Waals surface area contributed by atoms with Crippen molar-refractivity contribution >= 4 is 29.1 Å². The molecule has 0 saturated carbocycles. The van der Waals surface area contributed by atoms with Crippen LogP contribution in [0, 0.1) is 5.92 Å². The number of benzene rings is 2. The predicted molar refractivity (Wildman–Crippen MR) is 111 cm³/mol. The summed E-state index contributed by atoms with van der Waals surface area (Å²) in [5.74, 6) is 0.298. The van der Waals surface area contributed by atoms with Crippen LogP contribution in [0.2, 0.25) is 10.0 Å². The second-order valence-electron chi connectivity index (χ2n) is 6.81. The molecule has 1 aromatic heterocycles. The zero-order valence-corrected chi connectivity index (χ0v) is 17.5. The molecule has 3 rings (SSSR count). The van der Waals surface area contributed by atoms with Crippen molar-refractivity contribution in [2.75, 3.05) is 6.61 Å². The molecule has 7 heteroatoms. The van der Waals surface area contributed by atoms with Gasteiger partial charge in [-0.15, -0.1) is 5.10 Å². The van der Waals surface area contributed by atoms with Crippen molar-refractivity contribution in [3.63, 3.8) is 0 Å². The molecule has 28 heavy (non-hydrogen) atoms. The maximum Gasteiger partial charge on any atom is 0.336 e. The van der Waals surface area contributed by atoms with Crippen LogP contribution in [0.4, 0.5) is 0 Å². The third-order valence-electron chi connectivity index (χ3n) is 4.11. The fourth-order valence-electron chi connectivity index (χ4n) is 2.59. The SMILES string of the molecule is CCc1ccc(C(=O)n2nc(OCC(C)C)nc2-c2ccc(Cl)cc2Cl)cc1. The summed E-state index contributed by atoms with van der Waals surface area (Å²) >= 11 is 12.3. The van der Waals surface area contributed by atoms with Gasteiger partial charge in [0.1, 0.15) is 0 Å². The Morgan fingerprint density at radius 1 is 1.14 bits per heavy atom. The number of carbonyl (C=O) groups is 1. The van der Waals surface area contributed by atoms with Crippen molar-refractivity contribution in [1.29, 1.82) is 0 Å². The number of aromatic nitrogens is 3. The molecule has 0 aliphatic heterocycles. The van der Waals surface area contributed by atoms with Crippen molar-refractivity contribution in [2.24, 2.45) is 5.92 Å². The molecule has 0 N–H and O–H groups in total. The molecule has 2 aromatic carbocycles. The fraction of sp³-hybridized carbons (Fsp3) is 0.286. The lowest BCUT2D eigenvalue weighted by atomic mass is 10.1. The van der Waals surface area contributed by atoms with Gasteiger partial charge < -0.3 is 4.74 Å². The van der Waals surface area contributed by atoms with Gasteiger partial charge in [-0.2, -0.15) is 9.67 Å². The Morgan fingerprint density at radius 2 is 1.86 bits per heavy atom. The van der Waals surface area contributed by atoms with Crippen molar-refractivity contribution < 1.29 is 9.53 Å². The van der Waals surface area contributed by atoms with Crippen LogP contribution >= 0.6 is 23.2 Å². The van der Waals surface area contributed by atoms with Crippen molar-refractivity contribution in [1.82, 2.24) is 14.8 Å². The van der Waals surface area contributed by atoms with E-state index in [9.17, 15) is 4.79 Å². The molecule has 0 atom stereocenters. The summed E-state index contributed by atoms with van der Waals surface area (Å²) in [7, 11) is 0. The Hall–Kier alpha value is -2.37. The molecule has 1 heterocycles. The molecular weight excluding hydrogens is 397 g/mol. The summed E-state index contributed by atoms with van der Waals surface area (Å²) in [6, 6.07) is 12.6. The number of ether oxygens (including phenoxy) is 1. The molecule has 0 fully saturated rings. The van der Waals surface area contributed by atoms with Gasteiger partial charge in [-0.3, -0.25) is 4.79 Å². The predicted octanol–water partition coefficient (Wildman–Crippen LogP) is 5.54. The topological polar surface area (TPSA) is 57.0 Å². The summed E-state index contributed by atoms with van der Waals surface area (Å²) in [5.41, 5.74) is 2.21. The third kappa shape index (κ3) is 4.54. The Kier molecular flexibility index (Phi) is 6.37. The lowest BCUT2D eigenvalue weighted by Gasteiger charge is -2.07. The lowest BCUT2D eigenvalue weighted by molar-refractivity contribution is 0.0944. The third-order valence-corrected chi connectivity index (χ3v) is 4.65. The van der Waals surface area contributed by atoms with Gasteiger partial charge in [0.15, 0.2) is 5.82 Å². The molecule has 0 aliphatic carbocycles. The van der Waals surface area contributed by atoms with Crippen LogP contribution in [0.5, 0.6) is 6.01 Å². The molecule has 5 nitrogen and oxygen atoms in total. The van der Waals surface area contributed by atoms with Gasteiger partial charge in [0.25, 0.3) is 5.91 Å². The van der Waals surface area contributed by atoms with Gasteiger partial charge in [-0.1, -0.05) is 56.1 Å². The summed E-state index contributed by atoms with van der Waals surface area (Å²) in [6.07, 6.45) is 0.899. The molecule has 0 aliphatic rings. The molecule has 0 radical (unpaired) electrons. The van der Waals surface area contributed by atoms with E-state index in [1.165, 1.54) is 4.68 Å². The number of halogens is 2. The quantitative estimate of drug-likeness (QED) is 0.528. The second kappa shape index (κ2) is 8.76. The Morgan fingerprint density at radius 3 is 2.46 bits per heavy atom. The van der Waals surface area contributed by atoms with Gasteiger partial charge in [0, 0.05) is 16.1 Å². The molecule has 0 spiro atoms. The highest BCUT2D eigenvalue weighted by atomic mass is 35.5. The zero-order chi connectivity index (χ0) is 20.3. The monoisotopic (exact) mass is 417 g/mol. The highest BCUT2D eigenvalue weighted by Gasteiger charge is 2.22. The normalized spacial score (nSPS) is 11.1. The molecule has 0 bridgehead atoms. The minimum Gasteiger partial charge on any atom is -0.462 e. The first-order chi connectivity index (χ1) is 13.4. The van der Waals surface area contributed by atoms with E-state index in [4.69, 9.17) is 27.9 Å². The van der Waals surface area contributed by atoms with Gasteiger partial charge >= 0.3 is 6.01 Å². The van der Waals surface area contributed by atoms with E-state index in [1.807, 2.05) is 26.0 Å². The van der Waals surface area contributed by atoms with Crippen LogP contribution in [0.3, 0.4) is 0 Å². The number of aryl methyl sites for hydroxylation is 1. The van der Waals surface area contributed by atoms with Crippen LogP contribution in [-0.4, -0.2) is 27.3 Å². The minimum absolute atomic E-state index is 0.133. The molecule has 0 saturated heterocycles. The minimum atomic E-state index is -0.310. The van der Waals surface area contributed by atoms with E-state index < -0.39 is 0 Å². The maximum atomic E-state index is 13.1. The largest absolute Gasteiger partial charge is 0.462 e. The van der Waals surface area contributed by atoms with Gasteiger partial charge in [0.2, 0.25) is 0 Å². The zero-order valence-electron chi connectivity index (χ0n) is 15.9.